The number of unbranched alkanes of at least 4 members (excludes halogenated alkanes) is 2. The lowest BCUT2D eigenvalue weighted by molar-refractivity contribution is -0.0319. The molecule has 0 aliphatic heterocycles. The highest BCUT2D eigenvalue weighted by molar-refractivity contribution is 8.55. The van der Waals surface area contributed by atoms with Crippen molar-refractivity contribution < 1.29 is 26.8 Å². The van der Waals surface area contributed by atoms with Crippen LogP contribution in [0.15, 0.2) is 0 Å². The summed E-state index contributed by atoms with van der Waals surface area (Å²) < 4.78 is 57.9. The fourth-order valence-corrected chi connectivity index (χ4v) is 3.52. The average Bonchev–Trinajstić information content (AvgIpc) is 2.15. The fraction of sp³-hybridized carbons (Fsp3) is 1.00. The van der Waals surface area contributed by atoms with Crippen molar-refractivity contribution in [2.24, 2.45) is 0 Å². The van der Waals surface area contributed by atoms with Gasteiger partial charge in [-0.15, -0.1) is 0 Å². The van der Waals surface area contributed by atoms with Crippen LogP contribution in [0.5, 0.6) is 0 Å². The summed E-state index contributed by atoms with van der Waals surface area (Å²) in [6.45, 7) is -0.346. The number of rotatable bonds is 9. The summed E-state index contributed by atoms with van der Waals surface area (Å²) in [6.07, 6.45) is 2.62. The van der Waals surface area contributed by atoms with Crippen molar-refractivity contribution in [2.45, 2.75) is 45.0 Å². The molecule has 0 heterocycles. The van der Waals surface area contributed by atoms with E-state index in [1.54, 1.807) is 0 Å². The molecule has 17 heavy (non-hydrogen) atoms. The predicted molar refractivity (Wildman–Crippen MR) is 63.0 cm³/mol. The highest BCUT2D eigenvalue weighted by Crippen LogP contribution is 2.66. The van der Waals surface area contributed by atoms with Crippen molar-refractivity contribution in [2.75, 3.05) is 13.2 Å². The first-order valence-electron chi connectivity index (χ1n) is 5.49. The Morgan fingerprint density at radius 2 is 1.47 bits per heavy atom. The first-order chi connectivity index (χ1) is 7.83. The standard InChI is InChI=1S/C9H18F3O3PS/c1-3-5-7-14-16(13,15-8-6-4-2)17-9(10,11)12/h3-8H2,1-2H3. The van der Waals surface area contributed by atoms with Crippen LogP contribution in [0.2, 0.25) is 0 Å². The summed E-state index contributed by atoms with van der Waals surface area (Å²) in [6, 6.07) is 0. The minimum atomic E-state index is -4.62. The molecule has 0 unspecified atom stereocenters. The minimum Gasteiger partial charge on any atom is -0.301 e. The van der Waals surface area contributed by atoms with Crippen LogP contribution in [0.3, 0.4) is 0 Å². The number of halogens is 3. The molecule has 0 N–H and O–H groups in total. The third-order valence-corrected chi connectivity index (χ3v) is 5.06. The molecule has 0 aliphatic rings. The van der Waals surface area contributed by atoms with Crippen molar-refractivity contribution >= 4 is 18.2 Å². The van der Waals surface area contributed by atoms with Gasteiger partial charge in [-0.1, -0.05) is 26.7 Å². The minimum absolute atomic E-state index is 0.0168. The Morgan fingerprint density at radius 1 is 1.06 bits per heavy atom. The Labute approximate surface area is 104 Å². The van der Waals surface area contributed by atoms with Crippen LogP contribution in [0, 0.1) is 0 Å². The number of hydrogen-bond donors (Lipinski definition) is 0. The Morgan fingerprint density at radius 3 is 1.76 bits per heavy atom. The maximum absolute atomic E-state index is 12.2. The first kappa shape index (κ1) is 17.3. The zero-order valence-electron chi connectivity index (χ0n) is 9.96. The van der Waals surface area contributed by atoms with Crippen LogP contribution in [0.1, 0.15) is 39.5 Å². The molecule has 0 spiro atoms. The summed E-state index contributed by atoms with van der Waals surface area (Å²) in [4.78, 5) is 0. The Bertz CT molecular complexity index is 234. The molecule has 0 saturated carbocycles. The molecule has 3 nitrogen and oxygen atoms in total. The normalized spacial score (nSPS) is 13.0. The lowest BCUT2D eigenvalue weighted by Crippen LogP contribution is -2.04. The molecule has 0 aromatic rings. The molecule has 0 atom stereocenters. The summed E-state index contributed by atoms with van der Waals surface area (Å²) in [5.74, 6) is 0. The Balaban J connectivity index is 4.30. The monoisotopic (exact) mass is 294 g/mol. The van der Waals surface area contributed by atoms with Gasteiger partial charge in [0.1, 0.15) is 0 Å². The highest BCUT2D eigenvalue weighted by Gasteiger charge is 2.42. The zero-order chi connectivity index (χ0) is 13.4. The molecule has 0 radical (unpaired) electrons. The lowest BCUT2D eigenvalue weighted by Gasteiger charge is -2.18. The fourth-order valence-electron chi connectivity index (χ4n) is 0.858. The van der Waals surface area contributed by atoms with Crippen LogP contribution >= 0.6 is 18.2 Å². The molecule has 0 aliphatic carbocycles. The van der Waals surface area contributed by atoms with E-state index in [9.17, 15) is 17.7 Å². The van der Waals surface area contributed by atoms with Gasteiger partial charge in [0.2, 0.25) is 0 Å². The zero-order valence-corrected chi connectivity index (χ0v) is 11.7. The molecule has 0 rings (SSSR count). The van der Waals surface area contributed by atoms with Gasteiger partial charge in [0.05, 0.1) is 24.6 Å². The molecular formula is C9H18F3O3PS. The first-order valence-corrected chi connectivity index (χ1v) is 8.46. The lowest BCUT2D eigenvalue weighted by atomic mass is 10.4. The SMILES string of the molecule is CCCCOP(=O)(OCCCC)SC(F)(F)F. The van der Waals surface area contributed by atoms with E-state index in [-0.39, 0.29) is 13.2 Å². The molecular weight excluding hydrogens is 276 g/mol. The van der Waals surface area contributed by atoms with Crippen molar-refractivity contribution in [3.8, 4) is 0 Å². The maximum atomic E-state index is 12.2. The quantitative estimate of drug-likeness (QED) is 0.444. The van der Waals surface area contributed by atoms with E-state index >= 15 is 0 Å². The van der Waals surface area contributed by atoms with E-state index in [4.69, 9.17) is 9.05 Å². The molecule has 104 valence electrons. The molecule has 8 heteroatoms. The average molecular weight is 294 g/mol. The third kappa shape index (κ3) is 9.94. The summed E-state index contributed by atoms with van der Waals surface area (Å²) in [7, 11) is 0. The topological polar surface area (TPSA) is 35.5 Å². The summed E-state index contributed by atoms with van der Waals surface area (Å²) in [5, 5.41) is 0. The van der Waals surface area contributed by atoms with Gasteiger partial charge < -0.3 is 9.05 Å². The van der Waals surface area contributed by atoms with E-state index in [0.717, 1.165) is 12.8 Å². The van der Waals surface area contributed by atoms with Gasteiger partial charge in [-0.25, -0.2) is 4.57 Å². The smallest absolute Gasteiger partial charge is 0.301 e. The molecule has 0 bridgehead atoms. The Kier molecular flexibility index (Phi) is 8.55. The summed E-state index contributed by atoms with van der Waals surface area (Å²) >= 11 is -0.684. The molecule has 0 amide bonds. The van der Waals surface area contributed by atoms with Gasteiger partial charge in [-0.2, -0.15) is 13.2 Å². The van der Waals surface area contributed by atoms with E-state index < -0.39 is 23.7 Å². The highest BCUT2D eigenvalue weighted by atomic mass is 32.7. The van der Waals surface area contributed by atoms with Crippen molar-refractivity contribution in [3.63, 3.8) is 0 Å². The maximum Gasteiger partial charge on any atom is 0.452 e. The second kappa shape index (κ2) is 8.40. The second-order valence-corrected chi connectivity index (χ2v) is 7.30. The number of alkyl halides is 3. The third-order valence-electron chi connectivity index (χ3n) is 1.71. The summed E-state index contributed by atoms with van der Waals surface area (Å²) in [5.41, 5.74) is -4.62. The molecule has 0 aromatic heterocycles. The molecule has 0 aromatic carbocycles. The van der Waals surface area contributed by atoms with Gasteiger partial charge in [0.15, 0.2) is 0 Å². The van der Waals surface area contributed by atoms with Crippen LogP contribution < -0.4 is 0 Å². The van der Waals surface area contributed by atoms with Crippen LogP contribution in [0.25, 0.3) is 0 Å². The van der Waals surface area contributed by atoms with Crippen molar-refractivity contribution in [1.29, 1.82) is 0 Å². The van der Waals surface area contributed by atoms with Crippen LogP contribution in [0.4, 0.5) is 13.2 Å². The Hall–Kier alpha value is 0.290. The predicted octanol–water partition coefficient (Wildman–Crippen LogP) is 4.98. The number of hydrogen-bond acceptors (Lipinski definition) is 4. The van der Waals surface area contributed by atoms with Crippen molar-refractivity contribution in [3.05, 3.63) is 0 Å². The van der Waals surface area contributed by atoms with Gasteiger partial charge in [-0.05, 0) is 12.8 Å². The molecule has 0 saturated heterocycles. The van der Waals surface area contributed by atoms with Gasteiger partial charge in [-0.3, -0.25) is 0 Å². The second-order valence-electron chi connectivity index (χ2n) is 3.36. The molecule has 0 fully saturated rings. The van der Waals surface area contributed by atoms with E-state index in [2.05, 4.69) is 0 Å². The van der Waals surface area contributed by atoms with Gasteiger partial charge in [0.25, 0.3) is 0 Å². The van der Waals surface area contributed by atoms with Gasteiger partial charge in [0, 0.05) is 0 Å². The van der Waals surface area contributed by atoms with Crippen LogP contribution in [-0.4, -0.2) is 18.7 Å². The largest absolute Gasteiger partial charge is 0.452 e. The van der Waals surface area contributed by atoms with E-state index in [1.807, 2.05) is 13.8 Å². The van der Waals surface area contributed by atoms with E-state index in [1.165, 1.54) is 0 Å². The van der Waals surface area contributed by atoms with Crippen molar-refractivity contribution in [1.82, 2.24) is 0 Å². The van der Waals surface area contributed by atoms with Crippen LogP contribution in [-0.2, 0) is 13.6 Å². The van der Waals surface area contributed by atoms with Gasteiger partial charge >= 0.3 is 12.3 Å². The van der Waals surface area contributed by atoms with E-state index in [0.29, 0.717) is 12.8 Å².